The van der Waals surface area contributed by atoms with Gasteiger partial charge in [0.25, 0.3) is 0 Å². The predicted octanol–water partition coefficient (Wildman–Crippen LogP) is 1.86. The normalized spacial score (nSPS) is 11.0. The van der Waals surface area contributed by atoms with E-state index in [1.807, 2.05) is 6.92 Å². The van der Waals surface area contributed by atoms with Crippen LogP contribution in [0.4, 0.5) is 4.39 Å². The number of tetrazole rings is 1. The fourth-order valence-corrected chi connectivity index (χ4v) is 1.85. The standard InChI is InChI=1S/C13H13FN6O/c1-2-4-11-15-12(21-18-11)8-20-17-13(16-19-20)9-5-3-6-10(14)7-9/h3,5-7H,2,4,8H2,1H3. The molecule has 2 heterocycles. The van der Waals surface area contributed by atoms with Crippen LogP contribution >= 0.6 is 0 Å². The van der Waals surface area contributed by atoms with E-state index < -0.39 is 0 Å². The van der Waals surface area contributed by atoms with E-state index in [-0.39, 0.29) is 12.4 Å². The van der Waals surface area contributed by atoms with Crippen LogP contribution in [0.5, 0.6) is 0 Å². The largest absolute Gasteiger partial charge is 0.337 e. The first-order valence-corrected chi connectivity index (χ1v) is 6.60. The minimum atomic E-state index is -0.343. The molecule has 108 valence electrons. The van der Waals surface area contributed by atoms with Crippen molar-refractivity contribution in [1.82, 2.24) is 30.3 Å². The van der Waals surface area contributed by atoms with Gasteiger partial charge >= 0.3 is 0 Å². The summed E-state index contributed by atoms with van der Waals surface area (Å²) in [7, 11) is 0. The highest BCUT2D eigenvalue weighted by molar-refractivity contribution is 5.53. The van der Waals surface area contributed by atoms with Crippen LogP contribution in [0.2, 0.25) is 0 Å². The summed E-state index contributed by atoms with van der Waals surface area (Å²) in [4.78, 5) is 5.56. The maximum Gasteiger partial charge on any atom is 0.250 e. The molecule has 0 N–H and O–H groups in total. The quantitative estimate of drug-likeness (QED) is 0.712. The summed E-state index contributed by atoms with van der Waals surface area (Å²) >= 11 is 0. The molecule has 0 saturated carbocycles. The third kappa shape index (κ3) is 3.10. The first-order valence-electron chi connectivity index (χ1n) is 6.60. The number of hydrogen-bond acceptors (Lipinski definition) is 6. The number of rotatable bonds is 5. The van der Waals surface area contributed by atoms with Gasteiger partial charge in [0.2, 0.25) is 11.7 Å². The molecule has 0 radical (unpaired) electrons. The Balaban J connectivity index is 1.75. The third-order valence-electron chi connectivity index (χ3n) is 2.80. The lowest BCUT2D eigenvalue weighted by molar-refractivity contribution is 0.352. The van der Waals surface area contributed by atoms with Gasteiger partial charge in [-0.25, -0.2) is 4.39 Å². The number of benzene rings is 1. The zero-order valence-corrected chi connectivity index (χ0v) is 11.4. The van der Waals surface area contributed by atoms with Crippen molar-refractivity contribution in [2.45, 2.75) is 26.3 Å². The van der Waals surface area contributed by atoms with Crippen LogP contribution in [0.3, 0.4) is 0 Å². The van der Waals surface area contributed by atoms with E-state index in [4.69, 9.17) is 4.52 Å². The summed E-state index contributed by atoms with van der Waals surface area (Å²) in [5.74, 6) is 1.09. The van der Waals surface area contributed by atoms with Gasteiger partial charge in [-0.1, -0.05) is 24.2 Å². The number of hydrogen-bond donors (Lipinski definition) is 0. The average molecular weight is 288 g/mol. The van der Waals surface area contributed by atoms with E-state index >= 15 is 0 Å². The highest BCUT2D eigenvalue weighted by Crippen LogP contribution is 2.14. The van der Waals surface area contributed by atoms with Crippen molar-refractivity contribution in [2.24, 2.45) is 0 Å². The summed E-state index contributed by atoms with van der Waals surface area (Å²) in [5, 5.41) is 15.8. The summed E-state index contributed by atoms with van der Waals surface area (Å²) in [5.41, 5.74) is 0.568. The van der Waals surface area contributed by atoms with Gasteiger partial charge in [0, 0.05) is 12.0 Å². The van der Waals surface area contributed by atoms with Gasteiger partial charge in [-0.05, 0) is 23.8 Å². The van der Waals surface area contributed by atoms with Crippen LogP contribution in [0.1, 0.15) is 25.1 Å². The zero-order chi connectivity index (χ0) is 14.7. The molecule has 2 aromatic heterocycles. The molecular formula is C13H13FN6O. The Morgan fingerprint density at radius 3 is 3.05 bits per heavy atom. The molecule has 0 amide bonds. The lowest BCUT2D eigenvalue weighted by Gasteiger charge is -1.94. The Hall–Kier alpha value is -2.64. The van der Waals surface area contributed by atoms with Crippen molar-refractivity contribution in [3.05, 3.63) is 41.8 Å². The molecule has 3 aromatic rings. The van der Waals surface area contributed by atoms with Gasteiger partial charge in [-0.15, -0.1) is 10.2 Å². The smallest absolute Gasteiger partial charge is 0.250 e. The number of nitrogens with zero attached hydrogens (tertiary/aromatic N) is 6. The van der Waals surface area contributed by atoms with E-state index in [9.17, 15) is 4.39 Å². The van der Waals surface area contributed by atoms with E-state index in [1.165, 1.54) is 16.9 Å². The van der Waals surface area contributed by atoms with Crippen molar-refractivity contribution >= 4 is 0 Å². The van der Waals surface area contributed by atoms with E-state index in [0.717, 1.165) is 12.8 Å². The number of halogens is 1. The molecule has 0 aliphatic heterocycles. The highest BCUT2D eigenvalue weighted by Gasteiger charge is 2.11. The van der Waals surface area contributed by atoms with Crippen molar-refractivity contribution in [3.63, 3.8) is 0 Å². The van der Waals surface area contributed by atoms with E-state index in [0.29, 0.717) is 23.1 Å². The molecule has 0 atom stereocenters. The molecule has 0 spiro atoms. The fourth-order valence-electron chi connectivity index (χ4n) is 1.85. The van der Waals surface area contributed by atoms with Gasteiger partial charge in [-0.3, -0.25) is 0 Å². The zero-order valence-electron chi connectivity index (χ0n) is 11.4. The Morgan fingerprint density at radius 1 is 1.33 bits per heavy atom. The molecule has 8 heteroatoms. The van der Waals surface area contributed by atoms with Crippen LogP contribution in [0.25, 0.3) is 11.4 Å². The Morgan fingerprint density at radius 2 is 2.24 bits per heavy atom. The van der Waals surface area contributed by atoms with Crippen LogP contribution < -0.4 is 0 Å². The van der Waals surface area contributed by atoms with Crippen LogP contribution in [0.15, 0.2) is 28.8 Å². The second-order valence-electron chi connectivity index (χ2n) is 4.51. The summed E-state index contributed by atoms with van der Waals surface area (Å²) in [6.45, 7) is 2.28. The van der Waals surface area contributed by atoms with Gasteiger partial charge in [0.05, 0.1) is 0 Å². The van der Waals surface area contributed by atoms with Gasteiger partial charge < -0.3 is 4.52 Å². The maximum atomic E-state index is 13.2. The Kier molecular flexibility index (Phi) is 3.67. The Labute approximate surface area is 119 Å². The molecule has 1 aromatic carbocycles. The van der Waals surface area contributed by atoms with Crippen molar-refractivity contribution in [3.8, 4) is 11.4 Å². The van der Waals surface area contributed by atoms with Gasteiger partial charge in [-0.2, -0.15) is 9.78 Å². The molecule has 0 bridgehead atoms. The van der Waals surface area contributed by atoms with E-state index in [1.54, 1.807) is 12.1 Å². The first kappa shape index (κ1) is 13.3. The second-order valence-corrected chi connectivity index (χ2v) is 4.51. The first-order chi connectivity index (χ1) is 10.2. The monoisotopic (exact) mass is 288 g/mol. The molecular weight excluding hydrogens is 275 g/mol. The summed E-state index contributed by atoms with van der Waals surface area (Å²) in [6, 6.07) is 6.03. The molecule has 0 aliphatic carbocycles. The van der Waals surface area contributed by atoms with E-state index in [2.05, 4.69) is 25.6 Å². The average Bonchev–Trinajstić information content (AvgIpc) is 3.10. The van der Waals surface area contributed by atoms with Gasteiger partial charge in [0.15, 0.2) is 5.82 Å². The molecule has 3 rings (SSSR count). The molecule has 0 saturated heterocycles. The highest BCUT2D eigenvalue weighted by atomic mass is 19.1. The minimum Gasteiger partial charge on any atom is -0.337 e. The molecule has 7 nitrogen and oxygen atoms in total. The van der Waals surface area contributed by atoms with Crippen LogP contribution in [0, 0.1) is 5.82 Å². The van der Waals surface area contributed by atoms with Crippen LogP contribution in [-0.4, -0.2) is 30.3 Å². The van der Waals surface area contributed by atoms with Gasteiger partial charge in [0.1, 0.15) is 12.4 Å². The molecule has 0 unspecified atom stereocenters. The molecule has 0 fully saturated rings. The Bertz CT molecular complexity index is 738. The number of aryl methyl sites for hydroxylation is 1. The molecule has 0 aliphatic rings. The third-order valence-corrected chi connectivity index (χ3v) is 2.80. The van der Waals surface area contributed by atoms with Crippen molar-refractivity contribution in [2.75, 3.05) is 0 Å². The van der Waals surface area contributed by atoms with Crippen molar-refractivity contribution in [1.29, 1.82) is 0 Å². The predicted molar refractivity (Wildman–Crippen MR) is 70.6 cm³/mol. The lowest BCUT2D eigenvalue weighted by atomic mass is 10.2. The lowest BCUT2D eigenvalue weighted by Crippen LogP contribution is -2.04. The molecule has 21 heavy (non-hydrogen) atoms. The fraction of sp³-hybridized carbons (Fsp3) is 0.308. The summed E-state index contributed by atoms with van der Waals surface area (Å²) < 4.78 is 18.3. The topological polar surface area (TPSA) is 82.5 Å². The summed E-state index contributed by atoms with van der Waals surface area (Å²) in [6.07, 6.45) is 1.72. The van der Waals surface area contributed by atoms with Crippen LogP contribution in [-0.2, 0) is 13.0 Å². The van der Waals surface area contributed by atoms with Crippen molar-refractivity contribution < 1.29 is 8.91 Å². The second kappa shape index (κ2) is 5.78. The SMILES string of the molecule is CCCc1noc(Cn2nnc(-c3cccc(F)c3)n2)n1. The maximum absolute atomic E-state index is 13.2. The minimum absolute atomic E-state index is 0.235. The number of aromatic nitrogens is 6.